The lowest BCUT2D eigenvalue weighted by Gasteiger charge is -2.31. The molecule has 0 bridgehead atoms. The number of hydrogen-bond acceptors (Lipinski definition) is 4. The number of benzene rings is 1. The molecule has 4 nitrogen and oxygen atoms in total. The second kappa shape index (κ2) is 5.76. The zero-order valence-corrected chi connectivity index (χ0v) is 14.5. The molecule has 0 spiro atoms. The van der Waals surface area contributed by atoms with E-state index in [4.69, 9.17) is 16.3 Å². The largest absolute Gasteiger partial charge is 0.456 e. The minimum absolute atomic E-state index is 0.0526. The maximum absolute atomic E-state index is 12.8. The first-order valence-electron chi connectivity index (χ1n) is 7.57. The molecule has 0 saturated carbocycles. The molecule has 4 rings (SSSR count). The van der Waals surface area contributed by atoms with Gasteiger partial charge in [0, 0.05) is 17.4 Å². The summed E-state index contributed by atoms with van der Waals surface area (Å²) in [5.74, 6) is -0.619. The van der Waals surface area contributed by atoms with Crippen molar-refractivity contribution in [2.45, 2.75) is 19.3 Å². The average Bonchev–Trinajstić information content (AvgIpc) is 3.20. The van der Waals surface area contributed by atoms with Crippen LogP contribution in [0.15, 0.2) is 46.3 Å². The number of rotatable bonds is 2. The van der Waals surface area contributed by atoms with E-state index in [0.717, 1.165) is 11.1 Å². The number of halogens is 1. The molecule has 1 aromatic heterocycles. The van der Waals surface area contributed by atoms with Gasteiger partial charge >= 0.3 is 5.97 Å². The molecule has 2 aliphatic heterocycles. The topological polar surface area (TPSA) is 46.6 Å². The van der Waals surface area contributed by atoms with Gasteiger partial charge in [0.1, 0.15) is 6.61 Å². The normalized spacial score (nSPS) is 20.4. The third-order valence-corrected chi connectivity index (χ3v) is 5.59. The number of aryl methyl sites for hydroxylation is 1. The minimum Gasteiger partial charge on any atom is -0.456 e. The molecule has 2 aliphatic rings. The summed E-state index contributed by atoms with van der Waals surface area (Å²) >= 11 is 7.76. The van der Waals surface area contributed by atoms with E-state index in [9.17, 15) is 9.59 Å². The average molecular weight is 360 g/mol. The van der Waals surface area contributed by atoms with Crippen LogP contribution in [-0.4, -0.2) is 18.5 Å². The molecule has 0 N–H and O–H groups in total. The van der Waals surface area contributed by atoms with E-state index in [0.29, 0.717) is 22.0 Å². The summed E-state index contributed by atoms with van der Waals surface area (Å²) < 4.78 is 5.25. The molecule has 3 heterocycles. The lowest BCUT2D eigenvalue weighted by Crippen LogP contribution is -2.37. The number of carbonyl (C=O) groups excluding carboxylic acids is 2. The number of thiophene rings is 1. The molecule has 1 amide bonds. The van der Waals surface area contributed by atoms with E-state index in [1.54, 1.807) is 22.3 Å². The van der Waals surface area contributed by atoms with Crippen LogP contribution in [0.25, 0.3) is 0 Å². The number of cyclic esters (lactones) is 1. The Balaban J connectivity index is 1.84. The highest BCUT2D eigenvalue weighted by Crippen LogP contribution is 2.42. The molecular formula is C18H14ClNO3S. The minimum atomic E-state index is -0.336. The van der Waals surface area contributed by atoms with Crippen molar-refractivity contribution in [3.63, 3.8) is 0 Å². The third-order valence-electron chi connectivity index (χ3n) is 4.48. The van der Waals surface area contributed by atoms with Gasteiger partial charge in [-0.2, -0.15) is 11.3 Å². The highest BCUT2D eigenvalue weighted by atomic mass is 35.5. The standard InChI is InChI=1S/C18H14ClNO3S/c1-10-2-3-12(6-14(10)19)20-15-8-23-18(22)17(15)13(7-16(20)21)11-4-5-24-9-11/h2-6,9,13H,7-8H2,1H3/t13-/m1/s1. The Morgan fingerprint density at radius 2 is 2.12 bits per heavy atom. The van der Waals surface area contributed by atoms with Crippen LogP contribution < -0.4 is 4.90 Å². The van der Waals surface area contributed by atoms with Gasteiger partial charge in [0.15, 0.2) is 0 Å². The summed E-state index contributed by atoms with van der Waals surface area (Å²) in [6.07, 6.45) is 0.246. The fraction of sp³-hybridized carbons (Fsp3) is 0.222. The van der Waals surface area contributed by atoms with Crippen LogP contribution in [0.3, 0.4) is 0 Å². The van der Waals surface area contributed by atoms with Crippen LogP contribution in [0.4, 0.5) is 5.69 Å². The second-order valence-electron chi connectivity index (χ2n) is 5.91. The van der Waals surface area contributed by atoms with Crippen molar-refractivity contribution >= 4 is 40.5 Å². The molecule has 1 aromatic carbocycles. The summed E-state index contributed by atoms with van der Waals surface area (Å²) in [7, 11) is 0. The number of anilines is 1. The fourth-order valence-corrected chi connectivity index (χ4v) is 4.12. The molecule has 0 saturated heterocycles. The third kappa shape index (κ3) is 2.36. The van der Waals surface area contributed by atoms with Gasteiger partial charge in [-0.25, -0.2) is 4.79 Å². The van der Waals surface area contributed by atoms with E-state index in [2.05, 4.69) is 0 Å². The van der Waals surface area contributed by atoms with Crippen molar-refractivity contribution in [3.8, 4) is 0 Å². The lowest BCUT2D eigenvalue weighted by atomic mass is 9.85. The molecule has 2 aromatic rings. The summed E-state index contributed by atoms with van der Waals surface area (Å²) in [5.41, 5.74) is 3.82. The van der Waals surface area contributed by atoms with Gasteiger partial charge < -0.3 is 4.74 Å². The highest BCUT2D eigenvalue weighted by Gasteiger charge is 2.43. The number of esters is 1. The monoisotopic (exact) mass is 359 g/mol. The first kappa shape index (κ1) is 15.4. The van der Waals surface area contributed by atoms with Crippen molar-refractivity contribution in [1.82, 2.24) is 0 Å². The van der Waals surface area contributed by atoms with E-state index in [1.807, 2.05) is 35.9 Å². The number of carbonyl (C=O) groups is 2. The molecular weight excluding hydrogens is 346 g/mol. The van der Waals surface area contributed by atoms with Crippen LogP contribution in [0, 0.1) is 6.92 Å². The van der Waals surface area contributed by atoms with Crippen LogP contribution in [0.5, 0.6) is 0 Å². The number of hydrogen-bond donors (Lipinski definition) is 0. The van der Waals surface area contributed by atoms with E-state index < -0.39 is 0 Å². The zero-order chi connectivity index (χ0) is 16.8. The van der Waals surface area contributed by atoms with Gasteiger partial charge in [0.05, 0.1) is 17.0 Å². The van der Waals surface area contributed by atoms with Gasteiger partial charge in [0.25, 0.3) is 0 Å². The van der Waals surface area contributed by atoms with Crippen molar-refractivity contribution in [3.05, 3.63) is 62.4 Å². The Morgan fingerprint density at radius 3 is 2.83 bits per heavy atom. The first-order chi connectivity index (χ1) is 11.6. The van der Waals surface area contributed by atoms with Crippen LogP contribution in [0.2, 0.25) is 5.02 Å². The van der Waals surface area contributed by atoms with Gasteiger partial charge in [-0.1, -0.05) is 17.7 Å². The Bertz CT molecular complexity index is 872. The van der Waals surface area contributed by atoms with Crippen molar-refractivity contribution in [2.75, 3.05) is 11.5 Å². The molecule has 1 atom stereocenters. The van der Waals surface area contributed by atoms with E-state index in [1.165, 1.54) is 0 Å². The number of amides is 1. The van der Waals surface area contributed by atoms with Crippen molar-refractivity contribution in [2.24, 2.45) is 0 Å². The zero-order valence-electron chi connectivity index (χ0n) is 12.9. The van der Waals surface area contributed by atoms with E-state index >= 15 is 0 Å². The number of ether oxygens (including phenoxy) is 1. The Morgan fingerprint density at radius 1 is 1.29 bits per heavy atom. The molecule has 0 unspecified atom stereocenters. The summed E-state index contributed by atoms with van der Waals surface area (Å²) in [5, 5.41) is 4.52. The van der Waals surface area contributed by atoms with Gasteiger partial charge in [0.2, 0.25) is 5.91 Å². The fourth-order valence-electron chi connectivity index (χ4n) is 3.23. The Hall–Kier alpha value is -2.11. The molecule has 0 fully saturated rings. The smallest absolute Gasteiger partial charge is 0.336 e. The SMILES string of the molecule is Cc1ccc(N2C(=O)C[C@H](c3ccsc3)C3=C2COC3=O)cc1Cl. The van der Waals surface area contributed by atoms with E-state index in [-0.39, 0.29) is 30.8 Å². The molecule has 122 valence electrons. The Labute approximate surface area is 148 Å². The summed E-state index contributed by atoms with van der Waals surface area (Å²) in [6.45, 7) is 2.02. The van der Waals surface area contributed by atoms with Gasteiger partial charge in [-0.05, 0) is 47.0 Å². The highest BCUT2D eigenvalue weighted by molar-refractivity contribution is 7.08. The Kier molecular flexibility index (Phi) is 3.70. The lowest BCUT2D eigenvalue weighted by molar-refractivity contribution is -0.136. The number of nitrogens with zero attached hydrogens (tertiary/aromatic N) is 1. The maximum atomic E-state index is 12.8. The van der Waals surface area contributed by atoms with Crippen molar-refractivity contribution < 1.29 is 14.3 Å². The summed E-state index contributed by atoms with van der Waals surface area (Å²) in [4.78, 5) is 26.7. The maximum Gasteiger partial charge on any atom is 0.336 e. The van der Waals surface area contributed by atoms with Crippen LogP contribution in [0.1, 0.15) is 23.5 Å². The predicted molar refractivity (Wildman–Crippen MR) is 93.3 cm³/mol. The molecule has 6 heteroatoms. The van der Waals surface area contributed by atoms with Crippen LogP contribution in [-0.2, 0) is 14.3 Å². The first-order valence-corrected chi connectivity index (χ1v) is 8.89. The van der Waals surface area contributed by atoms with Crippen LogP contribution >= 0.6 is 22.9 Å². The molecule has 0 radical (unpaired) electrons. The molecule has 0 aliphatic carbocycles. The quantitative estimate of drug-likeness (QED) is 0.760. The molecule has 24 heavy (non-hydrogen) atoms. The van der Waals surface area contributed by atoms with Gasteiger partial charge in [-0.3, -0.25) is 9.69 Å². The van der Waals surface area contributed by atoms with Gasteiger partial charge in [-0.15, -0.1) is 0 Å². The predicted octanol–water partition coefficient (Wildman–Crippen LogP) is 4.04. The van der Waals surface area contributed by atoms with Crippen molar-refractivity contribution in [1.29, 1.82) is 0 Å². The summed E-state index contributed by atoms with van der Waals surface area (Å²) in [6, 6.07) is 7.43. The second-order valence-corrected chi connectivity index (χ2v) is 7.10.